The van der Waals surface area contributed by atoms with Crippen molar-refractivity contribution in [3.8, 4) is 12.3 Å². The van der Waals surface area contributed by atoms with Crippen LogP contribution in [0.1, 0.15) is 19.3 Å². The minimum atomic E-state index is 0.411. The Labute approximate surface area is 65.2 Å². The molecule has 0 rings (SSSR count). The van der Waals surface area contributed by atoms with Crippen molar-refractivity contribution in [3.05, 3.63) is 6.92 Å². The van der Waals surface area contributed by atoms with E-state index in [0.29, 0.717) is 3.92 Å². The molecule has 0 aromatic heterocycles. The zero-order chi connectivity index (χ0) is 6.41. The number of hydrogen-bond acceptors (Lipinski definition) is 0. The van der Waals surface area contributed by atoms with E-state index in [2.05, 4.69) is 35.4 Å². The van der Waals surface area contributed by atoms with Gasteiger partial charge in [0.15, 0.2) is 0 Å². The van der Waals surface area contributed by atoms with Crippen molar-refractivity contribution >= 4 is 22.6 Å². The molecule has 1 atom stereocenters. The van der Waals surface area contributed by atoms with Crippen LogP contribution in [0.4, 0.5) is 0 Å². The second kappa shape index (κ2) is 5.43. The van der Waals surface area contributed by atoms with E-state index in [1.165, 1.54) is 0 Å². The van der Waals surface area contributed by atoms with E-state index < -0.39 is 0 Å². The van der Waals surface area contributed by atoms with Crippen LogP contribution >= 0.6 is 22.6 Å². The highest BCUT2D eigenvalue weighted by Gasteiger charge is 1.94. The standard InChI is InChI=1S/C7H10I/c1-3-5-6-7(8)4-2/h2,7H,1,3,5-6H2. The molecule has 0 N–H and O–H groups in total. The number of alkyl halides is 1. The number of halogens is 1. The Hall–Kier alpha value is 0.290. The summed E-state index contributed by atoms with van der Waals surface area (Å²) in [4.78, 5) is 0. The molecular weight excluding hydrogens is 211 g/mol. The monoisotopic (exact) mass is 221 g/mol. The first-order valence-electron chi connectivity index (χ1n) is 2.70. The molecule has 0 bridgehead atoms. The Morgan fingerprint density at radius 3 is 2.75 bits per heavy atom. The topological polar surface area (TPSA) is 0 Å². The third-order valence-corrected chi connectivity index (χ3v) is 1.87. The molecule has 0 fully saturated rings. The summed E-state index contributed by atoms with van der Waals surface area (Å²) in [5.74, 6) is 2.66. The van der Waals surface area contributed by atoms with E-state index >= 15 is 0 Å². The maximum atomic E-state index is 5.13. The molecule has 8 heavy (non-hydrogen) atoms. The molecule has 1 unspecified atom stereocenters. The second-order valence-corrected chi connectivity index (χ2v) is 3.13. The molecule has 0 amide bonds. The minimum Gasteiger partial charge on any atom is -0.119 e. The molecule has 0 aliphatic carbocycles. The Morgan fingerprint density at radius 1 is 1.75 bits per heavy atom. The van der Waals surface area contributed by atoms with Crippen LogP contribution in [-0.4, -0.2) is 3.92 Å². The summed E-state index contributed by atoms with van der Waals surface area (Å²) in [6, 6.07) is 0. The van der Waals surface area contributed by atoms with Gasteiger partial charge in [0.25, 0.3) is 0 Å². The highest BCUT2D eigenvalue weighted by atomic mass is 127. The first-order valence-corrected chi connectivity index (χ1v) is 3.95. The molecule has 0 spiro atoms. The van der Waals surface area contributed by atoms with E-state index in [0.717, 1.165) is 19.3 Å². The van der Waals surface area contributed by atoms with Gasteiger partial charge in [-0.05, 0) is 6.42 Å². The summed E-state index contributed by atoms with van der Waals surface area (Å²) < 4.78 is 0.411. The Bertz CT molecular complexity index is 80.9. The van der Waals surface area contributed by atoms with Crippen LogP contribution in [-0.2, 0) is 0 Å². The third kappa shape index (κ3) is 4.45. The number of unbranched alkanes of at least 4 members (excludes halogenated alkanes) is 1. The van der Waals surface area contributed by atoms with Gasteiger partial charge in [-0.25, -0.2) is 0 Å². The van der Waals surface area contributed by atoms with E-state index in [9.17, 15) is 0 Å². The quantitative estimate of drug-likeness (QED) is 0.390. The van der Waals surface area contributed by atoms with E-state index in [-0.39, 0.29) is 0 Å². The maximum absolute atomic E-state index is 5.13. The Kier molecular flexibility index (Phi) is 5.62. The molecule has 0 aliphatic heterocycles. The van der Waals surface area contributed by atoms with Crippen molar-refractivity contribution in [2.45, 2.75) is 23.2 Å². The number of rotatable bonds is 3. The zero-order valence-corrected chi connectivity index (χ0v) is 7.02. The molecule has 0 saturated carbocycles. The summed E-state index contributed by atoms with van der Waals surface area (Å²) in [6.07, 6.45) is 8.40. The van der Waals surface area contributed by atoms with E-state index in [1.54, 1.807) is 0 Å². The van der Waals surface area contributed by atoms with Crippen LogP contribution in [0, 0.1) is 19.3 Å². The van der Waals surface area contributed by atoms with E-state index in [4.69, 9.17) is 6.42 Å². The fraction of sp³-hybridized carbons (Fsp3) is 0.571. The molecule has 0 aromatic rings. The van der Waals surface area contributed by atoms with Crippen LogP contribution in [0.3, 0.4) is 0 Å². The first kappa shape index (κ1) is 8.29. The lowest BCUT2D eigenvalue weighted by molar-refractivity contribution is 0.792. The largest absolute Gasteiger partial charge is 0.119 e. The van der Waals surface area contributed by atoms with Gasteiger partial charge >= 0.3 is 0 Å². The fourth-order valence-corrected chi connectivity index (χ4v) is 0.847. The van der Waals surface area contributed by atoms with Gasteiger partial charge in [-0.1, -0.05) is 48.3 Å². The smallest absolute Gasteiger partial charge is 0.0716 e. The molecule has 1 heteroatoms. The summed E-state index contributed by atoms with van der Waals surface area (Å²) in [5, 5.41) is 0. The molecule has 0 aromatic carbocycles. The van der Waals surface area contributed by atoms with E-state index in [1.807, 2.05) is 0 Å². The fourth-order valence-electron chi connectivity index (χ4n) is 0.407. The van der Waals surface area contributed by atoms with Gasteiger partial charge in [-0.2, -0.15) is 0 Å². The van der Waals surface area contributed by atoms with Crippen LogP contribution in [0.15, 0.2) is 0 Å². The van der Waals surface area contributed by atoms with Crippen molar-refractivity contribution in [3.63, 3.8) is 0 Å². The van der Waals surface area contributed by atoms with Crippen LogP contribution < -0.4 is 0 Å². The molecule has 0 heterocycles. The van der Waals surface area contributed by atoms with Gasteiger partial charge in [0.1, 0.15) is 0 Å². The van der Waals surface area contributed by atoms with Gasteiger partial charge in [0.05, 0.1) is 3.92 Å². The second-order valence-electron chi connectivity index (χ2n) is 1.63. The van der Waals surface area contributed by atoms with Crippen molar-refractivity contribution in [2.24, 2.45) is 0 Å². The van der Waals surface area contributed by atoms with Crippen molar-refractivity contribution in [1.29, 1.82) is 0 Å². The summed E-state index contributed by atoms with van der Waals surface area (Å²) >= 11 is 2.26. The predicted molar refractivity (Wildman–Crippen MR) is 45.8 cm³/mol. The third-order valence-electron chi connectivity index (χ3n) is 0.888. The molecule has 45 valence electrons. The lowest BCUT2D eigenvalue weighted by Crippen LogP contribution is -1.90. The molecule has 1 radical (unpaired) electrons. The van der Waals surface area contributed by atoms with Gasteiger partial charge in [0, 0.05) is 0 Å². The molecule has 0 saturated heterocycles. The van der Waals surface area contributed by atoms with Crippen LogP contribution in [0.5, 0.6) is 0 Å². The molecular formula is C7H10I. The van der Waals surface area contributed by atoms with Gasteiger partial charge in [0.2, 0.25) is 0 Å². The summed E-state index contributed by atoms with van der Waals surface area (Å²) in [6.45, 7) is 3.72. The minimum absolute atomic E-state index is 0.411. The highest BCUT2D eigenvalue weighted by molar-refractivity contribution is 14.1. The van der Waals surface area contributed by atoms with Gasteiger partial charge in [-0.15, -0.1) is 6.42 Å². The highest BCUT2D eigenvalue weighted by Crippen LogP contribution is 2.07. The normalized spacial score (nSPS) is 12.6. The lowest BCUT2D eigenvalue weighted by atomic mass is 10.2. The average Bonchev–Trinajstić information content (AvgIpc) is 1.83. The summed E-state index contributed by atoms with van der Waals surface area (Å²) in [7, 11) is 0. The van der Waals surface area contributed by atoms with Crippen molar-refractivity contribution in [2.75, 3.05) is 0 Å². The molecule has 0 aliphatic rings. The van der Waals surface area contributed by atoms with Gasteiger partial charge in [-0.3, -0.25) is 0 Å². The zero-order valence-electron chi connectivity index (χ0n) is 4.86. The van der Waals surface area contributed by atoms with Crippen molar-refractivity contribution in [1.82, 2.24) is 0 Å². The Balaban J connectivity index is 3.02. The lowest BCUT2D eigenvalue weighted by Gasteiger charge is -1.96. The van der Waals surface area contributed by atoms with Gasteiger partial charge < -0.3 is 0 Å². The first-order chi connectivity index (χ1) is 3.81. The number of terminal acetylenes is 1. The molecule has 0 nitrogen and oxygen atoms in total. The number of hydrogen-bond donors (Lipinski definition) is 0. The average molecular weight is 221 g/mol. The van der Waals surface area contributed by atoms with Crippen LogP contribution in [0.25, 0.3) is 0 Å². The van der Waals surface area contributed by atoms with Crippen LogP contribution in [0.2, 0.25) is 0 Å². The van der Waals surface area contributed by atoms with Crippen molar-refractivity contribution < 1.29 is 0 Å². The Morgan fingerprint density at radius 2 is 2.38 bits per heavy atom. The SMILES string of the molecule is C#CC(I)CCC[CH2]. The predicted octanol–water partition coefficient (Wildman–Crippen LogP) is 2.43. The maximum Gasteiger partial charge on any atom is 0.0716 e. The summed E-state index contributed by atoms with van der Waals surface area (Å²) in [5.41, 5.74) is 0.